The highest BCUT2D eigenvalue weighted by Crippen LogP contribution is 2.35. The van der Waals surface area contributed by atoms with Crippen molar-refractivity contribution in [1.82, 2.24) is 9.78 Å². The molecule has 0 saturated heterocycles. The third-order valence-electron chi connectivity index (χ3n) is 7.00. The zero-order valence-corrected chi connectivity index (χ0v) is 23.5. The fourth-order valence-electron chi connectivity index (χ4n) is 4.55. The van der Waals surface area contributed by atoms with Gasteiger partial charge in [-0.15, -0.1) is 5.10 Å². The molecule has 0 bridgehead atoms. The molecular weight excluding hydrogens is 558 g/mol. The largest absolute Gasteiger partial charge is 0.478 e. The molecule has 1 heterocycles. The van der Waals surface area contributed by atoms with Gasteiger partial charge in [0.1, 0.15) is 6.04 Å². The van der Waals surface area contributed by atoms with Crippen molar-refractivity contribution in [3.05, 3.63) is 111 Å². The lowest BCUT2D eigenvalue weighted by atomic mass is 9.98. The molecule has 1 aromatic heterocycles. The van der Waals surface area contributed by atoms with Crippen molar-refractivity contribution in [3.63, 3.8) is 0 Å². The van der Waals surface area contributed by atoms with E-state index in [0.717, 1.165) is 23.1 Å². The Morgan fingerprint density at radius 3 is 2.38 bits per heavy atom. The number of aromatic nitrogens is 2. The molecule has 0 radical (unpaired) electrons. The van der Waals surface area contributed by atoms with Crippen LogP contribution >= 0.6 is 11.6 Å². The first kappa shape index (κ1) is 28.8. The fourth-order valence-corrected chi connectivity index (χ4v) is 4.72. The van der Waals surface area contributed by atoms with Gasteiger partial charge in [-0.1, -0.05) is 41.9 Å². The number of nitrogens with one attached hydrogen (secondary N) is 1. The van der Waals surface area contributed by atoms with Crippen LogP contribution in [0.15, 0.2) is 83.7 Å². The Balaban J connectivity index is 1.59. The van der Waals surface area contributed by atoms with E-state index in [-0.39, 0.29) is 23.6 Å². The predicted molar refractivity (Wildman–Crippen MR) is 158 cm³/mol. The molecule has 1 aliphatic carbocycles. The molecular formula is C32H28ClN3O6. The van der Waals surface area contributed by atoms with Crippen LogP contribution < -0.4 is 15.6 Å². The summed E-state index contributed by atoms with van der Waals surface area (Å²) < 4.78 is 7.20. The maximum Gasteiger partial charge on any atom is 0.335 e. The summed E-state index contributed by atoms with van der Waals surface area (Å²) in [6.07, 6.45) is 2.18. The van der Waals surface area contributed by atoms with Crippen LogP contribution in [0.2, 0.25) is 5.02 Å². The number of rotatable bonds is 11. The summed E-state index contributed by atoms with van der Waals surface area (Å²) in [5.74, 6) is -1.34. The molecule has 0 aliphatic heterocycles. The van der Waals surface area contributed by atoms with E-state index in [1.807, 2.05) is 30.3 Å². The van der Waals surface area contributed by atoms with Crippen molar-refractivity contribution in [2.75, 3.05) is 11.9 Å². The molecule has 10 heteroatoms. The highest BCUT2D eigenvalue weighted by molar-refractivity contribution is 6.31. The van der Waals surface area contributed by atoms with Crippen molar-refractivity contribution in [2.24, 2.45) is 5.92 Å². The Kier molecular flexibility index (Phi) is 8.49. The van der Waals surface area contributed by atoms with Crippen molar-refractivity contribution in [3.8, 4) is 17.0 Å². The van der Waals surface area contributed by atoms with Gasteiger partial charge in [-0.25, -0.2) is 9.48 Å². The summed E-state index contributed by atoms with van der Waals surface area (Å²) in [7, 11) is 0. The number of anilines is 1. The van der Waals surface area contributed by atoms with Crippen LogP contribution in [-0.2, 0) is 11.2 Å². The number of hydrogen-bond acceptors (Lipinski definition) is 6. The van der Waals surface area contributed by atoms with E-state index in [9.17, 15) is 24.3 Å². The molecule has 1 fully saturated rings. The number of Topliss-reactive ketones (excluding diaryl/α,β-unsaturated/α-hetero) is 1. The maximum atomic E-state index is 13.7. The second kappa shape index (κ2) is 12.4. The van der Waals surface area contributed by atoms with Gasteiger partial charge >= 0.3 is 5.97 Å². The van der Waals surface area contributed by atoms with Crippen molar-refractivity contribution >= 4 is 34.9 Å². The summed E-state index contributed by atoms with van der Waals surface area (Å²) in [6, 6.07) is 20.0. The summed E-state index contributed by atoms with van der Waals surface area (Å²) in [5.41, 5.74) is 1.75. The van der Waals surface area contributed by atoms with E-state index in [0.29, 0.717) is 39.9 Å². The van der Waals surface area contributed by atoms with Gasteiger partial charge in [0, 0.05) is 28.8 Å². The van der Waals surface area contributed by atoms with E-state index in [1.54, 1.807) is 18.2 Å². The van der Waals surface area contributed by atoms with E-state index in [4.69, 9.17) is 16.3 Å². The van der Waals surface area contributed by atoms with Crippen LogP contribution in [0.4, 0.5) is 5.69 Å². The Labute approximate surface area is 246 Å². The standard InChI is InChI=1S/C32H28ClN3O6/c1-19(37)25-14-11-23(33)16-26(25)27-17-29(38)36(35-31(27)42-18-21-7-8-21)28(15-20-5-3-2-4-6-20)30(39)34-24-12-9-22(10-13-24)32(40)41/h2-6,9-14,16-17,21,28H,7-8,15,18H2,1H3,(H,34,39)(H,40,41)/t28-/m0/s1. The van der Waals surface area contributed by atoms with Gasteiger partial charge < -0.3 is 15.2 Å². The van der Waals surface area contributed by atoms with Gasteiger partial charge in [0.25, 0.3) is 5.56 Å². The molecule has 3 aromatic carbocycles. The third-order valence-corrected chi connectivity index (χ3v) is 7.23. The Morgan fingerprint density at radius 2 is 1.74 bits per heavy atom. The quantitative estimate of drug-likeness (QED) is 0.217. The van der Waals surface area contributed by atoms with E-state index in [1.165, 1.54) is 37.3 Å². The average molecular weight is 586 g/mol. The summed E-state index contributed by atoms with van der Waals surface area (Å²) in [5, 5.41) is 16.9. The molecule has 1 atom stereocenters. The molecule has 1 amide bonds. The summed E-state index contributed by atoms with van der Waals surface area (Å²) in [4.78, 5) is 51.0. The highest BCUT2D eigenvalue weighted by atomic mass is 35.5. The predicted octanol–water partition coefficient (Wildman–Crippen LogP) is 5.68. The zero-order chi connectivity index (χ0) is 29.8. The number of ketones is 1. The lowest BCUT2D eigenvalue weighted by Gasteiger charge is -2.21. The van der Waals surface area contributed by atoms with Gasteiger partial charge in [0.2, 0.25) is 11.8 Å². The molecule has 1 aliphatic rings. The smallest absolute Gasteiger partial charge is 0.335 e. The average Bonchev–Trinajstić information content (AvgIpc) is 3.80. The normalized spacial score (nSPS) is 13.3. The number of halogens is 1. The Hall–Kier alpha value is -4.76. The first-order valence-electron chi connectivity index (χ1n) is 13.4. The molecule has 42 heavy (non-hydrogen) atoms. The van der Waals surface area contributed by atoms with E-state index in [2.05, 4.69) is 10.4 Å². The van der Waals surface area contributed by atoms with Crippen LogP contribution in [0.3, 0.4) is 0 Å². The summed E-state index contributed by atoms with van der Waals surface area (Å²) >= 11 is 6.28. The fraction of sp³-hybridized carbons (Fsp3) is 0.219. The number of carbonyl (C=O) groups excluding carboxylic acids is 2. The molecule has 1 saturated carbocycles. The lowest BCUT2D eigenvalue weighted by Crippen LogP contribution is -2.36. The number of amides is 1. The Morgan fingerprint density at radius 1 is 1.02 bits per heavy atom. The van der Waals surface area contributed by atoms with Gasteiger partial charge in [-0.3, -0.25) is 14.4 Å². The second-order valence-corrected chi connectivity index (χ2v) is 10.7. The minimum Gasteiger partial charge on any atom is -0.478 e. The minimum absolute atomic E-state index is 0.0747. The number of carbonyl (C=O) groups is 3. The van der Waals surface area contributed by atoms with Gasteiger partial charge in [0.05, 0.1) is 17.7 Å². The maximum absolute atomic E-state index is 13.7. The molecule has 5 rings (SSSR count). The van der Waals surface area contributed by atoms with Crippen LogP contribution in [0.5, 0.6) is 5.88 Å². The van der Waals surface area contributed by atoms with Crippen LogP contribution in [0.25, 0.3) is 11.1 Å². The van der Waals surface area contributed by atoms with Crippen LogP contribution in [0.1, 0.15) is 52.1 Å². The highest BCUT2D eigenvalue weighted by Gasteiger charge is 2.28. The zero-order valence-electron chi connectivity index (χ0n) is 22.7. The SMILES string of the molecule is CC(=O)c1ccc(Cl)cc1-c1cc(=O)n([C@@H](Cc2ccccc2)C(=O)Nc2ccc(C(=O)O)cc2)nc1OCC1CC1. The number of aromatic carboxylic acids is 1. The monoisotopic (exact) mass is 585 g/mol. The van der Waals surface area contributed by atoms with Gasteiger partial charge in [0.15, 0.2) is 5.78 Å². The first-order valence-corrected chi connectivity index (χ1v) is 13.8. The second-order valence-electron chi connectivity index (χ2n) is 10.2. The van der Waals surface area contributed by atoms with Gasteiger partial charge in [-0.2, -0.15) is 0 Å². The lowest BCUT2D eigenvalue weighted by molar-refractivity contribution is -0.119. The topological polar surface area (TPSA) is 128 Å². The molecule has 2 N–H and O–H groups in total. The molecule has 0 unspecified atom stereocenters. The molecule has 214 valence electrons. The summed E-state index contributed by atoms with van der Waals surface area (Å²) in [6.45, 7) is 1.80. The molecule has 9 nitrogen and oxygen atoms in total. The number of carboxylic acids is 1. The van der Waals surface area contributed by atoms with Crippen molar-refractivity contribution in [1.29, 1.82) is 0 Å². The number of nitrogens with zero attached hydrogens (tertiary/aromatic N) is 2. The van der Waals surface area contributed by atoms with Crippen molar-refractivity contribution < 1.29 is 24.2 Å². The minimum atomic E-state index is -1.09. The van der Waals surface area contributed by atoms with Gasteiger partial charge in [-0.05, 0) is 79.3 Å². The first-order chi connectivity index (χ1) is 20.2. The number of ether oxygens (including phenoxy) is 1. The van der Waals surface area contributed by atoms with Crippen molar-refractivity contribution in [2.45, 2.75) is 32.2 Å². The number of carboxylic acid groups (broad SMARTS) is 1. The number of benzene rings is 3. The number of hydrogen-bond donors (Lipinski definition) is 2. The van der Waals surface area contributed by atoms with Crippen LogP contribution in [-0.4, -0.2) is 39.2 Å². The van der Waals surface area contributed by atoms with E-state index < -0.39 is 23.5 Å². The Bertz CT molecular complexity index is 1700. The molecule has 4 aromatic rings. The van der Waals surface area contributed by atoms with Crippen LogP contribution in [0, 0.1) is 5.92 Å². The van der Waals surface area contributed by atoms with E-state index >= 15 is 0 Å². The molecule has 0 spiro atoms. The third kappa shape index (κ3) is 6.75.